The van der Waals surface area contributed by atoms with Crippen molar-refractivity contribution in [2.75, 3.05) is 18.1 Å². The van der Waals surface area contributed by atoms with Gasteiger partial charge in [-0.1, -0.05) is 0 Å². The Balaban J connectivity index is 1.53. The Morgan fingerprint density at radius 1 is 1.50 bits per heavy atom. The molecule has 2 fully saturated rings. The molecule has 2 unspecified atom stereocenters. The van der Waals surface area contributed by atoms with Gasteiger partial charge in [-0.25, -0.2) is 0 Å². The summed E-state index contributed by atoms with van der Waals surface area (Å²) < 4.78 is 6.05. The lowest BCUT2D eigenvalue weighted by Gasteiger charge is -2.38. The molecule has 2 aliphatic heterocycles. The van der Waals surface area contributed by atoms with Crippen LogP contribution < -0.4 is 5.32 Å². The van der Waals surface area contributed by atoms with E-state index in [-0.39, 0.29) is 5.60 Å². The topological polar surface area (TPSA) is 21.3 Å². The highest BCUT2D eigenvalue weighted by Crippen LogP contribution is 2.38. The molecule has 2 atom stereocenters. The first-order valence-corrected chi connectivity index (χ1v) is 8.73. The van der Waals surface area contributed by atoms with Crippen LogP contribution in [-0.4, -0.2) is 29.8 Å². The second-order valence-electron chi connectivity index (χ2n) is 5.42. The van der Waals surface area contributed by atoms with Gasteiger partial charge in [0, 0.05) is 34.7 Å². The van der Waals surface area contributed by atoms with Crippen molar-refractivity contribution in [1.82, 2.24) is 5.32 Å². The fraction of sp³-hybridized carbons (Fsp3) is 0.714. The molecule has 3 rings (SSSR count). The molecule has 0 aromatic carbocycles. The molecule has 0 radical (unpaired) electrons. The summed E-state index contributed by atoms with van der Waals surface area (Å²) in [6.45, 7) is 4.13. The smallest absolute Gasteiger partial charge is 0.0795 e. The summed E-state index contributed by atoms with van der Waals surface area (Å²) in [5.74, 6) is 2.47. The standard InChI is InChI=1S/C14H21NOS2/c1-11-2-3-13(18-11)9-15-12-4-6-16-14(8-12)5-7-17-10-14/h2-3,12,15H,4-10H2,1H3. The molecule has 1 spiro atoms. The molecule has 0 saturated carbocycles. The highest BCUT2D eigenvalue weighted by atomic mass is 32.2. The zero-order valence-corrected chi connectivity index (χ0v) is 12.5. The van der Waals surface area contributed by atoms with Crippen molar-refractivity contribution in [3.05, 3.63) is 21.9 Å². The van der Waals surface area contributed by atoms with Crippen molar-refractivity contribution in [3.8, 4) is 0 Å². The first kappa shape index (κ1) is 13.0. The van der Waals surface area contributed by atoms with E-state index in [1.807, 2.05) is 23.1 Å². The van der Waals surface area contributed by atoms with E-state index < -0.39 is 0 Å². The number of thiophene rings is 1. The average molecular weight is 283 g/mol. The van der Waals surface area contributed by atoms with Crippen LogP contribution >= 0.6 is 23.1 Å². The summed E-state index contributed by atoms with van der Waals surface area (Å²) in [6.07, 6.45) is 3.61. The molecular formula is C14H21NOS2. The van der Waals surface area contributed by atoms with Crippen LogP contribution in [0.2, 0.25) is 0 Å². The zero-order chi connectivity index (χ0) is 12.4. The van der Waals surface area contributed by atoms with Crippen molar-refractivity contribution in [3.63, 3.8) is 0 Å². The number of ether oxygens (including phenoxy) is 1. The molecule has 2 saturated heterocycles. The van der Waals surface area contributed by atoms with Crippen molar-refractivity contribution in [1.29, 1.82) is 0 Å². The minimum Gasteiger partial charge on any atom is -0.374 e. The van der Waals surface area contributed by atoms with E-state index in [0.717, 1.165) is 19.6 Å². The molecule has 18 heavy (non-hydrogen) atoms. The molecule has 1 aromatic rings. The Hall–Kier alpha value is -0.0300. The maximum Gasteiger partial charge on any atom is 0.0795 e. The lowest BCUT2D eigenvalue weighted by Crippen LogP contribution is -2.46. The average Bonchev–Trinajstić information content (AvgIpc) is 2.97. The molecule has 2 nitrogen and oxygen atoms in total. The summed E-state index contributed by atoms with van der Waals surface area (Å²) in [7, 11) is 0. The number of thioether (sulfide) groups is 1. The summed E-state index contributed by atoms with van der Waals surface area (Å²) in [4.78, 5) is 2.86. The van der Waals surface area contributed by atoms with E-state index in [4.69, 9.17) is 4.74 Å². The summed E-state index contributed by atoms with van der Waals surface area (Å²) in [6, 6.07) is 5.09. The largest absolute Gasteiger partial charge is 0.374 e. The minimum absolute atomic E-state index is 0.200. The molecule has 100 valence electrons. The van der Waals surface area contributed by atoms with Crippen molar-refractivity contribution < 1.29 is 4.74 Å². The lowest BCUT2D eigenvalue weighted by atomic mass is 9.90. The Labute approximate surface area is 117 Å². The van der Waals surface area contributed by atoms with Crippen LogP contribution in [0.25, 0.3) is 0 Å². The van der Waals surface area contributed by atoms with Gasteiger partial charge in [0.15, 0.2) is 0 Å². The van der Waals surface area contributed by atoms with Gasteiger partial charge in [-0.2, -0.15) is 11.8 Å². The highest BCUT2D eigenvalue weighted by Gasteiger charge is 2.40. The van der Waals surface area contributed by atoms with Crippen LogP contribution in [0.3, 0.4) is 0 Å². The second kappa shape index (κ2) is 5.53. The van der Waals surface area contributed by atoms with E-state index in [9.17, 15) is 0 Å². The van der Waals surface area contributed by atoms with E-state index in [2.05, 4.69) is 24.4 Å². The van der Waals surface area contributed by atoms with Gasteiger partial charge in [0.25, 0.3) is 0 Å². The molecule has 1 N–H and O–H groups in total. The van der Waals surface area contributed by atoms with E-state index in [1.165, 1.54) is 34.1 Å². The normalized spacial score (nSPS) is 32.2. The monoisotopic (exact) mass is 283 g/mol. The fourth-order valence-electron chi connectivity index (χ4n) is 2.89. The number of aryl methyl sites for hydroxylation is 1. The molecule has 4 heteroatoms. The SMILES string of the molecule is Cc1ccc(CNC2CCOC3(CCSC3)C2)s1. The number of nitrogens with one attached hydrogen (secondary N) is 1. The van der Waals surface area contributed by atoms with Crippen LogP contribution in [0.5, 0.6) is 0 Å². The highest BCUT2D eigenvalue weighted by molar-refractivity contribution is 7.99. The lowest BCUT2D eigenvalue weighted by molar-refractivity contribution is -0.0702. The molecule has 1 aromatic heterocycles. The van der Waals surface area contributed by atoms with Crippen LogP contribution in [0.4, 0.5) is 0 Å². The third kappa shape index (κ3) is 2.93. The van der Waals surface area contributed by atoms with Gasteiger partial charge in [-0.15, -0.1) is 11.3 Å². The Kier molecular flexibility index (Phi) is 3.99. The van der Waals surface area contributed by atoms with Gasteiger partial charge in [-0.05, 0) is 44.1 Å². The molecule has 2 aliphatic rings. The predicted molar refractivity (Wildman–Crippen MR) is 79.5 cm³/mol. The molecule has 0 bridgehead atoms. The van der Waals surface area contributed by atoms with Gasteiger partial charge in [-0.3, -0.25) is 0 Å². The van der Waals surface area contributed by atoms with Gasteiger partial charge in [0.05, 0.1) is 5.60 Å². The van der Waals surface area contributed by atoms with Crippen LogP contribution in [0.1, 0.15) is 29.0 Å². The molecule has 0 aliphatic carbocycles. The maximum absolute atomic E-state index is 6.05. The summed E-state index contributed by atoms with van der Waals surface area (Å²) >= 11 is 3.95. The minimum atomic E-state index is 0.200. The van der Waals surface area contributed by atoms with Gasteiger partial charge in [0.2, 0.25) is 0 Å². The Morgan fingerprint density at radius 2 is 2.44 bits per heavy atom. The molecule has 3 heterocycles. The molecule has 0 amide bonds. The zero-order valence-electron chi connectivity index (χ0n) is 10.9. The first-order valence-electron chi connectivity index (χ1n) is 6.76. The van der Waals surface area contributed by atoms with Crippen molar-refractivity contribution >= 4 is 23.1 Å². The van der Waals surface area contributed by atoms with E-state index in [1.54, 1.807) is 0 Å². The maximum atomic E-state index is 6.05. The number of hydrogen-bond acceptors (Lipinski definition) is 4. The van der Waals surface area contributed by atoms with Crippen LogP contribution in [0, 0.1) is 6.92 Å². The fourth-order valence-corrected chi connectivity index (χ4v) is 5.11. The van der Waals surface area contributed by atoms with Crippen LogP contribution in [0.15, 0.2) is 12.1 Å². The summed E-state index contributed by atoms with van der Waals surface area (Å²) in [5, 5.41) is 3.72. The molecular weight excluding hydrogens is 262 g/mol. The summed E-state index contributed by atoms with van der Waals surface area (Å²) in [5.41, 5.74) is 0.200. The predicted octanol–water partition coefficient (Wildman–Crippen LogP) is 3.20. The van der Waals surface area contributed by atoms with Crippen LogP contribution in [-0.2, 0) is 11.3 Å². The Morgan fingerprint density at radius 3 is 3.17 bits per heavy atom. The third-order valence-electron chi connectivity index (χ3n) is 3.92. The van der Waals surface area contributed by atoms with Crippen molar-refractivity contribution in [2.24, 2.45) is 0 Å². The van der Waals surface area contributed by atoms with E-state index in [0.29, 0.717) is 6.04 Å². The number of hydrogen-bond donors (Lipinski definition) is 1. The van der Waals surface area contributed by atoms with Gasteiger partial charge in [0.1, 0.15) is 0 Å². The second-order valence-corrected chi connectivity index (χ2v) is 7.89. The Bertz CT molecular complexity index is 398. The number of rotatable bonds is 3. The third-order valence-corrected chi connectivity index (χ3v) is 6.14. The first-order chi connectivity index (χ1) is 8.76. The van der Waals surface area contributed by atoms with Gasteiger partial charge < -0.3 is 10.1 Å². The quantitative estimate of drug-likeness (QED) is 0.920. The van der Waals surface area contributed by atoms with Crippen molar-refractivity contribution in [2.45, 2.75) is 44.4 Å². The van der Waals surface area contributed by atoms with E-state index >= 15 is 0 Å². The van der Waals surface area contributed by atoms with Gasteiger partial charge >= 0.3 is 0 Å².